The molecular formula is C13H18BrNOS. The second-order valence-corrected chi connectivity index (χ2v) is 7.03. The third kappa shape index (κ3) is 3.63. The summed E-state index contributed by atoms with van der Waals surface area (Å²) in [6.45, 7) is 0.871. The maximum absolute atomic E-state index is 10.9. The topological polar surface area (TPSA) is 29.1 Å². The molecule has 0 aromatic heterocycles. The zero-order valence-corrected chi connectivity index (χ0v) is 12.4. The molecule has 1 aliphatic carbocycles. The maximum Gasteiger partial charge on any atom is 0.0357 e. The van der Waals surface area contributed by atoms with Crippen LogP contribution in [0.5, 0.6) is 0 Å². The molecule has 1 saturated carbocycles. The number of hydrogen-bond acceptors (Lipinski definition) is 2. The molecule has 0 aliphatic heterocycles. The van der Waals surface area contributed by atoms with E-state index in [4.69, 9.17) is 0 Å². The first-order chi connectivity index (χ1) is 8.16. The van der Waals surface area contributed by atoms with Gasteiger partial charge in [0.15, 0.2) is 0 Å². The Morgan fingerprint density at radius 3 is 2.76 bits per heavy atom. The predicted molar refractivity (Wildman–Crippen MR) is 76.8 cm³/mol. The number of nitrogens with one attached hydrogen (secondary N) is 1. The van der Waals surface area contributed by atoms with E-state index < -0.39 is 10.8 Å². The Balaban J connectivity index is 1.76. The minimum absolute atomic E-state index is 0.607. The Morgan fingerprint density at radius 1 is 1.41 bits per heavy atom. The smallest absolute Gasteiger partial charge is 0.0357 e. The van der Waals surface area contributed by atoms with E-state index in [1.807, 2.05) is 0 Å². The highest BCUT2D eigenvalue weighted by atomic mass is 79.9. The van der Waals surface area contributed by atoms with Gasteiger partial charge in [0.25, 0.3) is 0 Å². The van der Waals surface area contributed by atoms with Gasteiger partial charge in [-0.2, -0.15) is 0 Å². The summed E-state index contributed by atoms with van der Waals surface area (Å²) in [7, 11) is -0.678. The zero-order valence-electron chi connectivity index (χ0n) is 9.99. The van der Waals surface area contributed by atoms with E-state index in [-0.39, 0.29) is 0 Å². The van der Waals surface area contributed by atoms with Crippen molar-refractivity contribution < 1.29 is 4.21 Å². The quantitative estimate of drug-likeness (QED) is 0.905. The molecule has 1 N–H and O–H groups in total. The minimum Gasteiger partial charge on any atom is -0.313 e. The van der Waals surface area contributed by atoms with E-state index in [2.05, 4.69) is 45.5 Å². The van der Waals surface area contributed by atoms with Crippen molar-refractivity contribution >= 4 is 26.7 Å². The molecule has 0 amide bonds. The largest absolute Gasteiger partial charge is 0.313 e. The molecule has 0 saturated heterocycles. The van der Waals surface area contributed by atoms with Crippen LogP contribution in [0, 0.1) is 0 Å². The van der Waals surface area contributed by atoms with E-state index in [1.165, 1.54) is 22.9 Å². The summed E-state index contributed by atoms with van der Waals surface area (Å²) in [6.07, 6.45) is 4.14. The average molecular weight is 316 g/mol. The lowest BCUT2D eigenvalue weighted by Crippen LogP contribution is -2.41. The van der Waals surface area contributed by atoms with Crippen molar-refractivity contribution in [2.24, 2.45) is 0 Å². The van der Waals surface area contributed by atoms with Gasteiger partial charge in [0.2, 0.25) is 0 Å². The molecule has 0 spiro atoms. The van der Waals surface area contributed by atoms with E-state index in [1.54, 1.807) is 6.26 Å². The predicted octanol–water partition coefficient (Wildman–Crippen LogP) is 2.66. The maximum atomic E-state index is 10.9. The van der Waals surface area contributed by atoms with Gasteiger partial charge < -0.3 is 5.32 Å². The molecule has 1 aromatic carbocycles. The standard InChI is InChI=1S/C13H18BrNOS/c1-17(16)7-6-15-11-8-10(9-11)12-4-2-3-5-13(12)14/h2-5,10-11,15H,6-9H2,1H3. The van der Waals surface area contributed by atoms with Gasteiger partial charge in [-0.1, -0.05) is 34.1 Å². The summed E-state index contributed by atoms with van der Waals surface area (Å²) in [5.41, 5.74) is 1.42. The van der Waals surface area contributed by atoms with Crippen LogP contribution >= 0.6 is 15.9 Å². The van der Waals surface area contributed by atoms with Crippen molar-refractivity contribution in [3.05, 3.63) is 34.3 Å². The van der Waals surface area contributed by atoms with E-state index >= 15 is 0 Å². The van der Waals surface area contributed by atoms with Crippen molar-refractivity contribution in [2.75, 3.05) is 18.6 Å². The van der Waals surface area contributed by atoms with Gasteiger partial charge in [-0.3, -0.25) is 4.21 Å². The second kappa shape index (κ2) is 6.12. The van der Waals surface area contributed by atoms with Crippen molar-refractivity contribution in [3.63, 3.8) is 0 Å². The molecule has 4 heteroatoms. The van der Waals surface area contributed by atoms with Crippen LogP contribution in [-0.2, 0) is 10.8 Å². The lowest BCUT2D eigenvalue weighted by atomic mass is 9.76. The van der Waals surface area contributed by atoms with Crippen LogP contribution < -0.4 is 5.32 Å². The molecular weight excluding hydrogens is 298 g/mol. The fourth-order valence-electron chi connectivity index (χ4n) is 2.25. The summed E-state index contributed by atoms with van der Waals surface area (Å²) in [5.74, 6) is 1.44. The molecule has 2 nitrogen and oxygen atoms in total. The molecule has 1 atom stereocenters. The normalized spacial score (nSPS) is 25.3. The highest BCUT2D eigenvalue weighted by Crippen LogP contribution is 2.39. The van der Waals surface area contributed by atoms with Crippen LogP contribution in [-0.4, -0.2) is 28.8 Å². The molecule has 0 bridgehead atoms. The fourth-order valence-corrected chi connectivity index (χ4v) is 3.27. The molecule has 0 heterocycles. The highest BCUT2D eigenvalue weighted by molar-refractivity contribution is 9.10. The summed E-state index contributed by atoms with van der Waals surface area (Å²) in [5, 5.41) is 3.46. The Bertz CT molecular complexity index is 404. The van der Waals surface area contributed by atoms with Gasteiger partial charge in [-0.15, -0.1) is 0 Å². The van der Waals surface area contributed by atoms with Gasteiger partial charge in [0, 0.05) is 39.9 Å². The number of rotatable bonds is 5. The highest BCUT2D eigenvalue weighted by Gasteiger charge is 2.30. The van der Waals surface area contributed by atoms with Crippen LogP contribution in [0.25, 0.3) is 0 Å². The lowest BCUT2D eigenvalue weighted by molar-refractivity contribution is 0.296. The van der Waals surface area contributed by atoms with E-state index in [0.29, 0.717) is 12.0 Å². The van der Waals surface area contributed by atoms with Crippen LogP contribution in [0.3, 0.4) is 0 Å². The Labute approximate surface area is 114 Å². The molecule has 0 radical (unpaired) electrons. The molecule has 17 heavy (non-hydrogen) atoms. The summed E-state index contributed by atoms with van der Waals surface area (Å²) in [4.78, 5) is 0. The minimum atomic E-state index is -0.678. The average Bonchev–Trinajstić information content (AvgIpc) is 2.23. The Kier molecular flexibility index (Phi) is 4.77. The Hall–Kier alpha value is -0.190. The van der Waals surface area contributed by atoms with Crippen molar-refractivity contribution in [2.45, 2.75) is 24.8 Å². The number of halogens is 1. The first kappa shape index (κ1) is 13.2. The molecule has 94 valence electrons. The van der Waals surface area contributed by atoms with Crippen LogP contribution in [0.1, 0.15) is 24.3 Å². The number of hydrogen-bond donors (Lipinski definition) is 1. The fraction of sp³-hybridized carbons (Fsp3) is 0.538. The van der Waals surface area contributed by atoms with Gasteiger partial charge in [0.1, 0.15) is 0 Å². The van der Waals surface area contributed by atoms with Gasteiger partial charge in [0.05, 0.1) is 0 Å². The Morgan fingerprint density at radius 2 is 2.12 bits per heavy atom. The van der Waals surface area contributed by atoms with Crippen molar-refractivity contribution in [3.8, 4) is 0 Å². The van der Waals surface area contributed by atoms with Crippen molar-refractivity contribution in [1.82, 2.24) is 5.32 Å². The van der Waals surface area contributed by atoms with Gasteiger partial charge in [-0.05, 0) is 30.4 Å². The third-order valence-corrected chi connectivity index (χ3v) is 4.81. The summed E-state index contributed by atoms with van der Waals surface area (Å²) < 4.78 is 12.1. The van der Waals surface area contributed by atoms with E-state index in [9.17, 15) is 4.21 Å². The van der Waals surface area contributed by atoms with Crippen molar-refractivity contribution in [1.29, 1.82) is 0 Å². The third-order valence-electron chi connectivity index (χ3n) is 3.31. The molecule has 1 unspecified atom stereocenters. The number of benzene rings is 1. The summed E-state index contributed by atoms with van der Waals surface area (Å²) in [6, 6.07) is 9.07. The van der Waals surface area contributed by atoms with Crippen LogP contribution in [0.4, 0.5) is 0 Å². The molecule has 2 rings (SSSR count). The first-order valence-electron chi connectivity index (χ1n) is 5.94. The first-order valence-corrected chi connectivity index (χ1v) is 8.46. The molecule has 1 aliphatic rings. The van der Waals surface area contributed by atoms with E-state index in [0.717, 1.165) is 12.3 Å². The zero-order chi connectivity index (χ0) is 12.3. The SMILES string of the molecule is CS(=O)CCNC1CC(c2ccccc2Br)C1. The lowest BCUT2D eigenvalue weighted by Gasteiger charge is -2.36. The summed E-state index contributed by atoms with van der Waals surface area (Å²) >= 11 is 3.60. The van der Waals surface area contributed by atoms with Crippen LogP contribution in [0.15, 0.2) is 28.7 Å². The van der Waals surface area contributed by atoms with Gasteiger partial charge >= 0.3 is 0 Å². The van der Waals surface area contributed by atoms with Crippen LogP contribution in [0.2, 0.25) is 0 Å². The molecule has 1 fully saturated rings. The molecule has 1 aromatic rings. The monoisotopic (exact) mass is 315 g/mol. The van der Waals surface area contributed by atoms with Gasteiger partial charge in [-0.25, -0.2) is 0 Å². The second-order valence-electron chi connectivity index (χ2n) is 4.62.